The molecule has 0 spiro atoms. The monoisotopic (exact) mass is 265 g/mol. The van der Waals surface area contributed by atoms with Gasteiger partial charge in [0.2, 0.25) is 5.95 Å². The van der Waals surface area contributed by atoms with E-state index >= 15 is 0 Å². The lowest BCUT2D eigenvalue weighted by Crippen LogP contribution is -2.14. The van der Waals surface area contributed by atoms with E-state index < -0.39 is 11.9 Å². The maximum Gasteiger partial charge on any atom is 0.258 e. The predicted molar refractivity (Wildman–Crippen MR) is 68.0 cm³/mol. The molecule has 6 heteroatoms. The highest BCUT2D eigenvalue weighted by Gasteiger charge is 2.12. The Morgan fingerprint density at radius 3 is 2.72 bits per heavy atom. The number of nitrogen functional groups attached to an aromatic ring is 1. The summed E-state index contributed by atoms with van der Waals surface area (Å²) in [5.41, 5.74) is 6.10. The Hall–Kier alpha value is -2.14. The summed E-state index contributed by atoms with van der Waals surface area (Å²) in [6, 6.07) is 8.81. The summed E-state index contributed by atoms with van der Waals surface area (Å²) in [6.45, 7) is 0. The molecule has 92 valence electrons. The van der Waals surface area contributed by atoms with Crippen molar-refractivity contribution in [2.24, 2.45) is 0 Å². The van der Waals surface area contributed by atoms with Crippen LogP contribution in [0.25, 0.3) is 0 Å². The molecule has 0 unspecified atom stereocenters. The van der Waals surface area contributed by atoms with E-state index in [2.05, 4.69) is 10.3 Å². The lowest BCUT2D eigenvalue weighted by molar-refractivity contribution is 0.102. The summed E-state index contributed by atoms with van der Waals surface area (Å²) < 4.78 is 12.9. The zero-order chi connectivity index (χ0) is 13.1. The fourth-order valence-corrected chi connectivity index (χ4v) is 1.60. The summed E-state index contributed by atoms with van der Waals surface area (Å²) >= 11 is 5.91. The minimum Gasteiger partial charge on any atom is -0.398 e. The number of benzene rings is 1. The Balaban J connectivity index is 2.25. The highest BCUT2D eigenvalue weighted by atomic mass is 35.5. The fourth-order valence-electron chi connectivity index (χ4n) is 1.39. The summed E-state index contributed by atoms with van der Waals surface area (Å²) in [4.78, 5) is 15.4. The van der Waals surface area contributed by atoms with Crippen molar-refractivity contribution in [1.82, 2.24) is 4.98 Å². The molecule has 4 nitrogen and oxygen atoms in total. The molecule has 3 N–H and O–H groups in total. The first-order chi connectivity index (χ1) is 8.58. The van der Waals surface area contributed by atoms with Gasteiger partial charge >= 0.3 is 0 Å². The Bertz CT molecular complexity index is 604. The van der Waals surface area contributed by atoms with E-state index in [4.69, 9.17) is 17.3 Å². The van der Waals surface area contributed by atoms with Crippen LogP contribution in [0.15, 0.2) is 36.4 Å². The molecule has 18 heavy (non-hydrogen) atoms. The molecule has 2 rings (SSSR count). The van der Waals surface area contributed by atoms with E-state index in [0.717, 1.165) is 0 Å². The van der Waals surface area contributed by atoms with Gasteiger partial charge in [-0.2, -0.15) is 4.39 Å². The van der Waals surface area contributed by atoms with Crippen molar-refractivity contribution in [3.63, 3.8) is 0 Å². The molecule has 0 saturated carbocycles. The summed E-state index contributed by atoms with van der Waals surface area (Å²) in [5, 5.41) is 2.60. The maximum absolute atomic E-state index is 12.9. The van der Waals surface area contributed by atoms with Crippen molar-refractivity contribution in [3.05, 3.63) is 52.9 Å². The predicted octanol–water partition coefficient (Wildman–Crippen LogP) is 2.71. The van der Waals surface area contributed by atoms with Gasteiger partial charge in [0.05, 0.1) is 16.3 Å². The highest BCUT2D eigenvalue weighted by Crippen LogP contribution is 2.23. The van der Waals surface area contributed by atoms with Crippen molar-refractivity contribution in [2.45, 2.75) is 0 Å². The average Bonchev–Trinajstić information content (AvgIpc) is 2.32. The molecule has 0 aliphatic heterocycles. The molecule has 1 aromatic carbocycles. The lowest BCUT2D eigenvalue weighted by atomic mass is 10.2. The van der Waals surface area contributed by atoms with Crippen LogP contribution in [-0.4, -0.2) is 10.9 Å². The van der Waals surface area contributed by atoms with Gasteiger partial charge in [-0.1, -0.05) is 23.7 Å². The Kier molecular flexibility index (Phi) is 3.43. The second kappa shape index (κ2) is 5.01. The number of hydrogen-bond donors (Lipinski definition) is 2. The SMILES string of the molecule is Nc1cccc(C(=O)Nc2cccc(F)n2)c1Cl. The average molecular weight is 266 g/mol. The highest BCUT2D eigenvalue weighted by molar-refractivity contribution is 6.36. The van der Waals surface area contributed by atoms with Gasteiger partial charge in [-0.25, -0.2) is 4.98 Å². The van der Waals surface area contributed by atoms with Crippen LogP contribution in [0.2, 0.25) is 5.02 Å². The van der Waals surface area contributed by atoms with Gasteiger partial charge in [0, 0.05) is 0 Å². The first-order valence-electron chi connectivity index (χ1n) is 5.06. The minimum absolute atomic E-state index is 0.110. The number of carbonyl (C=O) groups is 1. The molecule has 0 saturated heterocycles. The molecule has 0 radical (unpaired) electrons. The zero-order valence-electron chi connectivity index (χ0n) is 9.15. The minimum atomic E-state index is -0.675. The number of pyridine rings is 1. The van der Waals surface area contributed by atoms with E-state index in [-0.39, 0.29) is 16.4 Å². The number of amides is 1. The zero-order valence-corrected chi connectivity index (χ0v) is 9.91. The second-order valence-electron chi connectivity index (χ2n) is 3.51. The number of rotatable bonds is 2. The third-order valence-corrected chi connectivity index (χ3v) is 2.65. The van der Waals surface area contributed by atoms with Crippen molar-refractivity contribution in [1.29, 1.82) is 0 Å². The molecule has 0 aliphatic rings. The number of carbonyl (C=O) groups excluding carboxylic acids is 1. The first kappa shape index (κ1) is 12.3. The molecule has 0 bridgehead atoms. The number of anilines is 2. The van der Waals surface area contributed by atoms with Gasteiger partial charge in [-0.05, 0) is 24.3 Å². The van der Waals surface area contributed by atoms with E-state index in [1.807, 2.05) is 0 Å². The number of nitrogens with two attached hydrogens (primary N) is 1. The molecule has 0 atom stereocenters. The fraction of sp³-hybridized carbons (Fsp3) is 0. The van der Waals surface area contributed by atoms with Crippen molar-refractivity contribution < 1.29 is 9.18 Å². The van der Waals surface area contributed by atoms with Gasteiger partial charge < -0.3 is 11.1 Å². The molecular weight excluding hydrogens is 257 g/mol. The summed E-state index contributed by atoms with van der Waals surface area (Å²) in [5.74, 6) is -1.06. The van der Waals surface area contributed by atoms with Crippen LogP contribution in [0, 0.1) is 5.95 Å². The van der Waals surface area contributed by atoms with Crippen molar-refractivity contribution >= 4 is 29.0 Å². The Morgan fingerprint density at radius 2 is 2.00 bits per heavy atom. The molecular formula is C12H9ClFN3O. The third-order valence-electron chi connectivity index (χ3n) is 2.23. The lowest BCUT2D eigenvalue weighted by Gasteiger charge is -2.07. The van der Waals surface area contributed by atoms with Crippen LogP contribution in [0.5, 0.6) is 0 Å². The van der Waals surface area contributed by atoms with Crippen LogP contribution in [0.1, 0.15) is 10.4 Å². The van der Waals surface area contributed by atoms with Gasteiger partial charge in [0.15, 0.2) is 0 Å². The third kappa shape index (κ3) is 2.57. The van der Waals surface area contributed by atoms with E-state index in [0.29, 0.717) is 5.69 Å². The quantitative estimate of drug-likeness (QED) is 0.648. The van der Waals surface area contributed by atoms with Gasteiger partial charge in [0.25, 0.3) is 5.91 Å². The van der Waals surface area contributed by atoms with Crippen LogP contribution in [0.3, 0.4) is 0 Å². The second-order valence-corrected chi connectivity index (χ2v) is 3.89. The molecule has 0 fully saturated rings. The number of halogens is 2. The summed E-state index contributed by atoms with van der Waals surface area (Å²) in [7, 11) is 0. The normalized spacial score (nSPS) is 10.1. The summed E-state index contributed by atoms with van der Waals surface area (Å²) in [6.07, 6.45) is 0. The van der Waals surface area contributed by atoms with Crippen LogP contribution < -0.4 is 11.1 Å². The van der Waals surface area contributed by atoms with Crippen LogP contribution >= 0.6 is 11.6 Å². The van der Waals surface area contributed by atoms with Crippen LogP contribution in [-0.2, 0) is 0 Å². The van der Waals surface area contributed by atoms with E-state index in [1.165, 1.54) is 24.3 Å². The maximum atomic E-state index is 12.9. The number of aromatic nitrogens is 1. The number of hydrogen-bond acceptors (Lipinski definition) is 3. The van der Waals surface area contributed by atoms with E-state index in [1.54, 1.807) is 12.1 Å². The standard InChI is InChI=1S/C12H9ClFN3O/c13-11-7(3-1-4-8(11)15)12(18)17-10-6-2-5-9(14)16-10/h1-6H,15H2,(H,16,17,18). The van der Waals surface area contributed by atoms with Crippen molar-refractivity contribution in [3.8, 4) is 0 Å². The number of nitrogens with one attached hydrogen (secondary N) is 1. The molecule has 2 aromatic rings. The Morgan fingerprint density at radius 1 is 1.28 bits per heavy atom. The van der Waals surface area contributed by atoms with Crippen LogP contribution in [0.4, 0.5) is 15.9 Å². The molecule has 1 heterocycles. The first-order valence-corrected chi connectivity index (χ1v) is 5.43. The molecule has 1 amide bonds. The smallest absolute Gasteiger partial charge is 0.258 e. The molecule has 1 aromatic heterocycles. The van der Waals surface area contributed by atoms with Gasteiger partial charge in [0.1, 0.15) is 5.82 Å². The number of nitrogens with zero attached hydrogens (tertiary/aromatic N) is 1. The van der Waals surface area contributed by atoms with Gasteiger partial charge in [-0.15, -0.1) is 0 Å². The van der Waals surface area contributed by atoms with E-state index in [9.17, 15) is 9.18 Å². The topological polar surface area (TPSA) is 68.0 Å². The largest absolute Gasteiger partial charge is 0.398 e. The van der Waals surface area contributed by atoms with Crippen molar-refractivity contribution in [2.75, 3.05) is 11.1 Å². The Labute approximate surface area is 108 Å². The molecule has 0 aliphatic carbocycles. The van der Waals surface area contributed by atoms with Gasteiger partial charge in [-0.3, -0.25) is 4.79 Å².